The van der Waals surface area contributed by atoms with Gasteiger partial charge in [0.15, 0.2) is 11.5 Å². The lowest BCUT2D eigenvalue weighted by Gasteiger charge is -2.14. The standard InChI is InChI=1S/C20H21NO4/c1-12-6-13-9-18(24-4)19(25-5)11-17(13)20(21-12)14-7-15(22-2)10-16(8-14)23-3/h6-11H,1-5H3. The number of ether oxygens (including phenoxy) is 4. The van der Waals surface area contributed by atoms with Crippen molar-refractivity contribution in [2.24, 2.45) is 0 Å². The summed E-state index contributed by atoms with van der Waals surface area (Å²) in [7, 11) is 6.52. The summed E-state index contributed by atoms with van der Waals surface area (Å²) in [6.45, 7) is 1.97. The Labute approximate surface area is 147 Å². The largest absolute Gasteiger partial charge is 0.497 e. The molecule has 0 N–H and O–H groups in total. The Morgan fingerprint density at radius 1 is 0.680 bits per heavy atom. The fourth-order valence-electron chi connectivity index (χ4n) is 2.88. The first-order chi connectivity index (χ1) is 12.1. The maximum atomic E-state index is 5.45. The molecule has 0 aliphatic rings. The van der Waals surface area contributed by atoms with Gasteiger partial charge in [-0.3, -0.25) is 4.98 Å². The monoisotopic (exact) mass is 339 g/mol. The second kappa shape index (κ2) is 6.89. The number of nitrogens with zero attached hydrogens (tertiary/aromatic N) is 1. The van der Waals surface area contributed by atoms with Crippen LogP contribution in [0.25, 0.3) is 22.0 Å². The van der Waals surface area contributed by atoms with Crippen molar-refractivity contribution >= 4 is 10.8 Å². The molecule has 0 saturated heterocycles. The van der Waals surface area contributed by atoms with E-state index in [0.29, 0.717) is 23.0 Å². The molecule has 2 aromatic carbocycles. The normalized spacial score (nSPS) is 10.6. The third kappa shape index (κ3) is 3.18. The fourth-order valence-corrected chi connectivity index (χ4v) is 2.88. The van der Waals surface area contributed by atoms with Crippen LogP contribution >= 0.6 is 0 Å². The van der Waals surface area contributed by atoms with E-state index < -0.39 is 0 Å². The number of fused-ring (bicyclic) bond motifs is 1. The molecule has 1 heterocycles. The summed E-state index contributed by atoms with van der Waals surface area (Å²) >= 11 is 0. The lowest BCUT2D eigenvalue weighted by Crippen LogP contribution is -1.95. The summed E-state index contributed by atoms with van der Waals surface area (Å²) in [5.41, 5.74) is 2.67. The predicted molar refractivity (Wildman–Crippen MR) is 98.1 cm³/mol. The number of pyridine rings is 1. The third-order valence-corrected chi connectivity index (χ3v) is 4.09. The van der Waals surface area contributed by atoms with Crippen molar-refractivity contribution in [1.29, 1.82) is 0 Å². The first-order valence-corrected chi connectivity index (χ1v) is 7.86. The van der Waals surface area contributed by atoms with Gasteiger partial charge < -0.3 is 18.9 Å². The van der Waals surface area contributed by atoms with E-state index in [1.54, 1.807) is 28.4 Å². The van der Waals surface area contributed by atoms with Crippen molar-refractivity contribution in [1.82, 2.24) is 4.98 Å². The van der Waals surface area contributed by atoms with Crippen LogP contribution in [0.3, 0.4) is 0 Å². The maximum Gasteiger partial charge on any atom is 0.161 e. The number of aromatic nitrogens is 1. The Balaban J connectivity index is 2.32. The van der Waals surface area contributed by atoms with Gasteiger partial charge in [-0.05, 0) is 42.6 Å². The molecule has 0 aliphatic carbocycles. The zero-order chi connectivity index (χ0) is 18.0. The van der Waals surface area contributed by atoms with Crippen molar-refractivity contribution < 1.29 is 18.9 Å². The van der Waals surface area contributed by atoms with Crippen LogP contribution in [0.1, 0.15) is 5.69 Å². The Kier molecular flexibility index (Phi) is 4.65. The highest BCUT2D eigenvalue weighted by Crippen LogP contribution is 2.38. The topological polar surface area (TPSA) is 49.8 Å². The lowest BCUT2D eigenvalue weighted by atomic mass is 10.0. The first kappa shape index (κ1) is 16.9. The Hall–Kier alpha value is -2.95. The molecule has 3 aromatic rings. The molecular formula is C20H21NO4. The minimum Gasteiger partial charge on any atom is -0.497 e. The van der Waals surface area contributed by atoms with Crippen LogP contribution in [0.15, 0.2) is 36.4 Å². The van der Waals surface area contributed by atoms with E-state index in [-0.39, 0.29) is 0 Å². The molecule has 0 unspecified atom stereocenters. The van der Waals surface area contributed by atoms with E-state index in [1.165, 1.54) is 0 Å². The first-order valence-electron chi connectivity index (χ1n) is 7.86. The Bertz CT molecular complexity index is 899. The van der Waals surface area contributed by atoms with Gasteiger partial charge in [-0.1, -0.05) is 0 Å². The molecule has 0 bridgehead atoms. The van der Waals surface area contributed by atoms with Crippen LogP contribution in [0.5, 0.6) is 23.0 Å². The number of aryl methyl sites for hydroxylation is 1. The number of hydrogen-bond acceptors (Lipinski definition) is 5. The molecule has 0 aliphatic heterocycles. The van der Waals surface area contributed by atoms with Crippen LogP contribution in [0.4, 0.5) is 0 Å². The Morgan fingerprint density at radius 3 is 1.84 bits per heavy atom. The van der Waals surface area contributed by atoms with Gasteiger partial charge >= 0.3 is 0 Å². The smallest absolute Gasteiger partial charge is 0.161 e. The lowest BCUT2D eigenvalue weighted by molar-refractivity contribution is 0.356. The average molecular weight is 339 g/mol. The maximum absolute atomic E-state index is 5.45. The molecule has 3 rings (SSSR count). The summed E-state index contributed by atoms with van der Waals surface area (Å²) in [5.74, 6) is 2.78. The average Bonchev–Trinajstić information content (AvgIpc) is 2.65. The van der Waals surface area contributed by atoms with Crippen molar-refractivity contribution in [2.45, 2.75) is 6.92 Å². The van der Waals surface area contributed by atoms with E-state index in [1.807, 2.05) is 43.3 Å². The number of methoxy groups -OCH3 is 4. The van der Waals surface area contributed by atoms with Gasteiger partial charge in [0.05, 0.1) is 34.1 Å². The summed E-state index contributed by atoms with van der Waals surface area (Å²) in [5, 5.41) is 2.00. The Morgan fingerprint density at radius 2 is 1.28 bits per heavy atom. The van der Waals surface area contributed by atoms with Crippen LogP contribution in [0, 0.1) is 6.92 Å². The fraction of sp³-hybridized carbons (Fsp3) is 0.250. The third-order valence-electron chi connectivity index (χ3n) is 4.09. The SMILES string of the molecule is COc1cc(OC)cc(-c2nc(C)cc3cc(OC)c(OC)cc23)c1. The van der Waals surface area contributed by atoms with Crippen molar-refractivity contribution in [3.8, 4) is 34.3 Å². The molecule has 0 fully saturated rings. The van der Waals surface area contributed by atoms with Crippen molar-refractivity contribution in [3.63, 3.8) is 0 Å². The quantitative estimate of drug-likeness (QED) is 0.696. The summed E-state index contributed by atoms with van der Waals surface area (Å²) in [6, 6.07) is 11.7. The highest BCUT2D eigenvalue weighted by Gasteiger charge is 2.14. The molecule has 25 heavy (non-hydrogen) atoms. The van der Waals surface area contributed by atoms with Gasteiger partial charge in [-0.2, -0.15) is 0 Å². The zero-order valence-electron chi connectivity index (χ0n) is 15.0. The summed E-state index contributed by atoms with van der Waals surface area (Å²) in [4.78, 5) is 4.75. The zero-order valence-corrected chi connectivity index (χ0v) is 15.0. The highest BCUT2D eigenvalue weighted by atomic mass is 16.5. The van der Waals surface area contributed by atoms with Crippen LogP contribution in [0.2, 0.25) is 0 Å². The second-order valence-electron chi connectivity index (χ2n) is 5.64. The van der Waals surface area contributed by atoms with Crippen LogP contribution < -0.4 is 18.9 Å². The van der Waals surface area contributed by atoms with E-state index in [2.05, 4.69) is 0 Å². The van der Waals surface area contributed by atoms with Gasteiger partial charge in [-0.15, -0.1) is 0 Å². The number of rotatable bonds is 5. The highest BCUT2D eigenvalue weighted by molar-refractivity contribution is 5.97. The summed E-state index contributed by atoms with van der Waals surface area (Å²) < 4.78 is 21.7. The molecule has 0 saturated carbocycles. The molecule has 0 spiro atoms. The number of benzene rings is 2. The molecule has 1 aromatic heterocycles. The van der Waals surface area contributed by atoms with E-state index >= 15 is 0 Å². The molecule has 0 atom stereocenters. The summed E-state index contributed by atoms with van der Waals surface area (Å²) in [6.07, 6.45) is 0. The van der Waals surface area contributed by atoms with E-state index in [4.69, 9.17) is 23.9 Å². The van der Waals surface area contributed by atoms with Crippen molar-refractivity contribution in [3.05, 3.63) is 42.1 Å². The second-order valence-corrected chi connectivity index (χ2v) is 5.64. The van der Waals surface area contributed by atoms with Crippen LogP contribution in [-0.2, 0) is 0 Å². The molecule has 5 heteroatoms. The number of hydrogen-bond donors (Lipinski definition) is 0. The molecule has 5 nitrogen and oxygen atoms in total. The van der Waals surface area contributed by atoms with E-state index in [0.717, 1.165) is 27.7 Å². The van der Waals surface area contributed by atoms with Gasteiger partial charge in [0.1, 0.15) is 11.5 Å². The molecule has 130 valence electrons. The predicted octanol–water partition coefficient (Wildman–Crippen LogP) is 4.24. The minimum atomic E-state index is 0.664. The molecule has 0 amide bonds. The minimum absolute atomic E-state index is 0.664. The molecule has 0 radical (unpaired) electrons. The van der Waals surface area contributed by atoms with E-state index in [9.17, 15) is 0 Å². The van der Waals surface area contributed by atoms with Crippen LogP contribution in [-0.4, -0.2) is 33.4 Å². The van der Waals surface area contributed by atoms with Gasteiger partial charge in [0.2, 0.25) is 0 Å². The molecular weight excluding hydrogens is 318 g/mol. The van der Waals surface area contributed by atoms with Gasteiger partial charge in [0.25, 0.3) is 0 Å². The van der Waals surface area contributed by atoms with Gasteiger partial charge in [0, 0.05) is 22.7 Å². The van der Waals surface area contributed by atoms with Crippen molar-refractivity contribution in [2.75, 3.05) is 28.4 Å². The van der Waals surface area contributed by atoms with Gasteiger partial charge in [-0.25, -0.2) is 0 Å².